The van der Waals surface area contributed by atoms with Crippen molar-refractivity contribution in [3.05, 3.63) is 74.9 Å². The molecule has 0 saturated heterocycles. The van der Waals surface area contributed by atoms with E-state index in [1.165, 1.54) is 37.4 Å². The van der Waals surface area contributed by atoms with Gasteiger partial charge in [0, 0.05) is 18.7 Å². The summed E-state index contributed by atoms with van der Waals surface area (Å²) in [7, 11) is 1.22. The number of carboxylic acid groups (broad SMARTS) is 1. The van der Waals surface area contributed by atoms with Gasteiger partial charge in [-0.2, -0.15) is 18.3 Å². The van der Waals surface area contributed by atoms with Crippen molar-refractivity contribution >= 4 is 35.1 Å². The molecule has 1 unspecified atom stereocenters. The molecule has 0 aliphatic carbocycles. The lowest BCUT2D eigenvalue weighted by molar-refractivity contribution is -0.141. The lowest BCUT2D eigenvalue weighted by atomic mass is 9.89. The molecule has 3 aromatic rings. The number of carbonyl (C=O) groups is 2. The summed E-state index contributed by atoms with van der Waals surface area (Å²) in [6.07, 6.45) is -4.33. The van der Waals surface area contributed by atoms with E-state index in [2.05, 4.69) is 10.4 Å². The molecule has 0 spiro atoms. The number of benzene rings is 2. The van der Waals surface area contributed by atoms with Crippen LogP contribution in [0, 0.1) is 0 Å². The van der Waals surface area contributed by atoms with Crippen molar-refractivity contribution in [3.8, 4) is 11.6 Å². The van der Waals surface area contributed by atoms with Crippen LogP contribution >= 0.6 is 23.2 Å². The lowest BCUT2D eigenvalue weighted by Crippen LogP contribution is -2.47. The molecule has 1 amide bonds. The van der Waals surface area contributed by atoms with Gasteiger partial charge < -0.3 is 15.2 Å². The Hall–Kier alpha value is -3.24. The predicted molar refractivity (Wildman–Crippen MR) is 128 cm³/mol. The number of carbonyl (C=O) groups excluding carboxylic acids is 1. The van der Waals surface area contributed by atoms with Gasteiger partial charge in [0.15, 0.2) is 5.69 Å². The van der Waals surface area contributed by atoms with Gasteiger partial charge in [0.2, 0.25) is 5.88 Å². The van der Waals surface area contributed by atoms with Crippen LogP contribution in [0.3, 0.4) is 0 Å². The highest BCUT2D eigenvalue weighted by atomic mass is 35.5. The van der Waals surface area contributed by atoms with E-state index < -0.39 is 40.7 Å². The Kier molecular flexibility index (Phi) is 7.90. The lowest BCUT2D eigenvalue weighted by Gasteiger charge is -2.30. The number of carboxylic acids is 1. The van der Waals surface area contributed by atoms with Crippen molar-refractivity contribution in [2.75, 3.05) is 0 Å². The van der Waals surface area contributed by atoms with Crippen LogP contribution in [0.4, 0.5) is 13.2 Å². The Morgan fingerprint density at radius 3 is 2.28 bits per heavy atom. The first kappa shape index (κ1) is 27.3. The van der Waals surface area contributed by atoms with Crippen LogP contribution in [0.15, 0.2) is 42.5 Å². The topological polar surface area (TPSA) is 93.5 Å². The van der Waals surface area contributed by atoms with Crippen LogP contribution < -0.4 is 10.1 Å². The number of aromatic carboxylic acids is 1. The Morgan fingerprint density at radius 1 is 1.11 bits per heavy atom. The number of alkyl halides is 3. The zero-order valence-corrected chi connectivity index (χ0v) is 20.9. The second-order valence-electron chi connectivity index (χ2n) is 8.38. The highest BCUT2D eigenvalue weighted by Crippen LogP contribution is 2.38. The molecule has 0 aliphatic heterocycles. The number of halogens is 5. The summed E-state index contributed by atoms with van der Waals surface area (Å²) in [5.41, 5.74) is -2.37. The maximum atomic E-state index is 13.8. The fourth-order valence-corrected chi connectivity index (χ4v) is 3.78. The van der Waals surface area contributed by atoms with Crippen molar-refractivity contribution in [2.24, 2.45) is 7.05 Å². The van der Waals surface area contributed by atoms with E-state index in [0.29, 0.717) is 12.0 Å². The molecular formula is C24H22Cl2F3N3O4. The standard InChI is InChI=1S/C24H22Cl2F3N3O4/c1-4-23(2,12-13-5-7-14(8-6-13)22(34)35)30-20(33)18-19(24(27,28)29)31-32(3)21(18)36-15-9-10-16(25)17(26)11-15/h5-11H,4,12H2,1-3H3,(H,30,33)(H,34,35). The van der Waals surface area contributed by atoms with Crippen molar-refractivity contribution in [1.29, 1.82) is 0 Å². The van der Waals surface area contributed by atoms with Gasteiger partial charge in [-0.25, -0.2) is 9.48 Å². The van der Waals surface area contributed by atoms with Gasteiger partial charge in [-0.05, 0) is 49.6 Å². The van der Waals surface area contributed by atoms with Crippen LogP contribution in [0.2, 0.25) is 10.0 Å². The number of hydrogen-bond donors (Lipinski definition) is 2. The molecule has 1 atom stereocenters. The van der Waals surface area contributed by atoms with Gasteiger partial charge in [-0.3, -0.25) is 4.79 Å². The highest BCUT2D eigenvalue weighted by Gasteiger charge is 2.43. The van der Waals surface area contributed by atoms with Gasteiger partial charge in [-0.15, -0.1) is 0 Å². The number of aryl methyl sites for hydroxylation is 1. The van der Waals surface area contributed by atoms with E-state index in [1.807, 2.05) is 0 Å². The average molecular weight is 544 g/mol. The van der Waals surface area contributed by atoms with Crippen LogP contribution in [-0.2, 0) is 19.6 Å². The normalized spacial score (nSPS) is 13.2. The molecule has 1 heterocycles. The molecule has 0 aliphatic rings. The van der Waals surface area contributed by atoms with Crippen molar-refractivity contribution < 1.29 is 32.6 Å². The van der Waals surface area contributed by atoms with E-state index >= 15 is 0 Å². The zero-order valence-electron chi connectivity index (χ0n) is 19.4. The summed E-state index contributed by atoms with van der Waals surface area (Å²) in [4.78, 5) is 24.4. The number of ether oxygens (including phenoxy) is 1. The van der Waals surface area contributed by atoms with Gasteiger partial charge in [0.1, 0.15) is 11.3 Å². The van der Waals surface area contributed by atoms with Crippen molar-refractivity contribution in [2.45, 2.75) is 38.4 Å². The Balaban J connectivity index is 1.96. The molecule has 0 saturated carbocycles. The summed E-state index contributed by atoms with van der Waals surface area (Å²) in [5, 5.41) is 15.6. The van der Waals surface area contributed by atoms with Crippen LogP contribution in [-0.4, -0.2) is 32.3 Å². The molecule has 2 N–H and O–H groups in total. The molecule has 7 nitrogen and oxygen atoms in total. The number of aromatic nitrogens is 2. The van der Waals surface area contributed by atoms with E-state index in [9.17, 15) is 22.8 Å². The van der Waals surface area contributed by atoms with E-state index in [4.69, 9.17) is 33.0 Å². The van der Waals surface area contributed by atoms with Gasteiger partial charge >= 0.3 is 12.1 Å². The summed E-state index contributed by atoms with van der Waals surface area (Å²) in [5.74, 6) is -2.48. The third-order valence-corrected chi connectivity index (χ3v) is 6.33. The number of rotatable bonds is 8. The maximum absolute atomic E-state index is 13.8. The molecule has 36 heavy (non-hydrogen) atoms. The third kappa shape index (κ3) is 6.11. The summed E-state index contributed by atoms with van der Waals surface area (Å²) in [6.45, 7) is 3.45. The molecule has 0 fully saturated rings. The number of amides is 1. The first-order chi connectivity index (χ1) is 16.7. The molecule has 2 aromatic carbocycles. The van der Waals surface area contributed by atoms with Gasteiger partial charge in [-0.1, -0.05) is 42.3 Å². The third-order valence-electron chi connectivity index (χ3n) is 5.59. The highest BCUT2D eigenvalue weighted by molar-refractivity contribution is 6.42. The number of nitrogens with zero attached hydrogens (tertiary/aromatic N) is 2. The minimum Gasteiger partial charge on any atom is -0.478 e. The monoisotopic (exact) mass is 543 g/mol. The summed E-state index contributed by atoms with van der Waals surface area (Å²) in [6, 6.07) is 10.1. The first-order valence-corrected chi connectivity index (χ1v) is 11.4. The SMILES string of the molecule is CCC(C)(Cc1ccc(C(=O)O)cc1)NC(=O)c1c(C(F)(F)F)nn(C)c1Oc1ccc(Cl)c(Cl)c1. The molecule has 0 radical (unpaired) electrons. The summed E-state index contributed by atoms with van der Waals surface area (Å²) >= 11 is 11.9. The van der Waals surface area contributed by atoms with E-state index in [0.717, 1.165) is 4.68 Å². The fourth-order valence-electron chi connectivity index (χ4n) is 3.49. The van der Waals surface area contributed by atoms with Crippen LogP contribution in [0.5, 0.6) is 11.6 Å². The van der Waals surface area contributed by atoms with Crippen LogP contribution in [0.1, 0.15) is 52.2 Å². The van der Waals surface area contributed by atoms with Crippen LogP contribution in [0.25, 0.3) is 0 Å². The van der Waals surface area contributed by atoms with Gasteiger partial charge in [0.25, 0.3) is 5.91 Å². The fraction of sp³-hybridized carbons (Fsp3) is 0.292. The predicted octanol–water partition coefficient (Wildman–Crippen LogP) is 6.38. The molecule has 0 bridgehead atoms. The Bertz CT molecular complexity index is 1290. The number of hydrogen-bond acceptors (Lipinski definition) is 4. The quantitative estimate of drug-likeness (QED) is 0.344. The Labute approximate surface area is 214 Å². The van der Waals surface area contributed by atoms with E-state index in [1.54, 1.807) is 26.0 Å². The molecular weight excluding hydrogens is 522 g/mol. The van der Waals surface area contributed by atoms with Crippen molar-refractivity contribution in [3.63, 3.8) is 0 Å². The Morgan fingerprint density at radius 2 is 1.75 bits per heavy atom. The zero-order chi connectivity index (χ0) is 26.8. The number of nitrogens with one attached hydrogen (secondary N) is 1. The van der Waals surface area contributed by atoms with Crippen molar-refractivity contribution in [1.82, 2.24) is 15.1 Å². The molecule has 1 aromatic heterocycles. The minimum absolute atomic E-state index is 0.0620. The minimum atomic E-state index is -4.93. The van der Waals surface area contributed by atoms with Gasteiger partial charge in [0.05, 0.1) is 15.6 Å². The molecule has 192 valence electrons. The second kappa shape index (κ2) is 10.4. The molecule has 12 heteroatoms. The average Bonchev–Trinajstić information content (AvgIpc) is 3.13. The smallest absolute Gasteiger partial charge is 0.436 e. The second-order valence-corrected chi connectivity index (χ2v) is 9.19. The maximum Gasteiger partial charge on any atom is 0.436 e. The van der Waals surface area contributed by atoms with E-state index in [-0.39, 0.29) is 27.8 Å². The first-order valence-electron chi connectivity index (χ1n) is 10.7. The molecule has 3 rings (SSSR count). The summed E-state index contributed by atoms with van der Waals surface area (Å²) < 4.78 is 47.9. The largest absolute Gasteiger partial charge is 0.478 e.